The molecule has 1 aromatic rings. The maximum Gasteiger partial charge on any atom is 0.272 e. The third-order valence-electron chi connectivity index (χ3n) is 4.95. The first kappa shape index (κ1) is 16.7. The molecular formula is C18H26N4O2. The number of likely N-dealkylation sites (tertiary alicyclic amines) is 1. The molecular weight excluding hydrogens is 304 g/mol. The number of pyridine rings is 1. The molecule has 1 saturated carbocycles. The summed E-state index contributed by atoms with van der Waals surface area (Å²) in [6, 6.07) is 5.87. The van der Waals surface area contributed by atoms with Crippen molar-refractivity contribution in [3.8, 4) is 0 Å². The predicted molar refractivity (Wildman–Crippen MR) is 92.8 cm³/mol. The van der Waals surface area contributed by atoms with Crippen LogP contribution >= 0.6 is 0 Å². The van der Waals surface area contributed by atoms with E-state index in [0.717, 1.165) is 19.4 Å². The second-order valence-electron chi connectivity index (χ2n) is 7.04. The van der Waals surface area contributed by atoms with Crippen LogP contribution in [0.5, 0.6) is 0 Å². The highest BCUT2D eigenvalue weighted by Crippen LogP contribution is 2.29. The number of hydrogen-bond acceptors (Lipinski definition) is 4. The third kappa shape index (κ3) is 3.68. The molecule has 1 aliphatic carbocycles. The van der Waals surface area contributed by atoms with Crippen molar-refractivity contribution in [2.75, 3.05) is 32.5 Å². The lowest BCUT2D eigenvalue weighted by Gasteiger charge is -2.24. The van der Waals surface area contributed by atoms with Crippen molar-refractivity contribution in [1.82, 2.24) is 14.8 Å². The highest BCUT2D eigenvalue weighted by Gasteiger charge is 2.35. The van der Waals surface area contributed by atoms with Crippen LogP contribution in [0.2, 0.25) is 0 Å². The van der Waals surface area contributed by atoms with Gasteiger partial charge in [0, 0.05) is 45.6 Å². The Hall–Kier alpha value is -2.11. The monoisotopic (exact) mass is 330 g/mol. The summed E-state index contributed by atoms with van der Waals surface area (Å²) >= 11 is 0. The van der Waals surface area contributed by atoms with Crippen LogP contribution in [0.4, 0.5) is 5.82 Å². The first-order valence-electron chi connectivity index (χ1n) is 8.76. The van der Waals surface area contributed by atoms with Crippen LogP contribution in [0, 0.1) is 5.92 Å². The fourth-order valence-corrected chi connectivity index (χ4v) is 3.64. The lowest BCUT2D eigenvalue weighted by atomic mass is 10.1. The largest absolute Gasteiger partial charge is 0.370 e. The summed E-state index contributed by atoms with van der Waals surface area (Å²) in [5.41, 5.74) is 0.431. The van der Waals surface area contributed by atoms with E-state index in [0.29, 0.717) is 36.4 Å². The van der Waals surface area contributed by atoms with Crippen molar-refractivity contribution < 1.29 is 9.59 Å². The topological polar surface area (TPSA) is 65.5 Å². The van der Waals surface area contributed by atoms with Gasteiger partial charge in [0.15, 0.2) is 0 Å². The number of carbonyl (C=O) groups is 2. The van der Waals surface area contributed by atoms with E-state index in [1.54, 1.807) is 20.2 Å². The minimum atomic E-state index is -0.109. The van der Waals surface area contributed by atoms with Gasteiger partial charge in [-0.2, -0.15) is 0 Å². The molecule has 1 aliphatic heterocycles. The van der Waals surface area contributed by atoms with Gasteiger partial charge < -0.3 is 15.1 Å². The number of nitrogens with zero attached hydrogens (tertiary/aromatic N) is 3. The lowest BCUT2D eigenvalue weighted by molar-refractivity contribution is -0.129. The first-order valence-corrected chi connectivity index (χ1v) is 8.76. The van der Waals surface area contributed by atoms with Crippen LogP contribution in [0.15, 0.2) is 18.2 Å². The SMILES string of the molecule is CN(C)C(=O)c1cccc(NCC2CC(=O)N(C3CCCC3)C2)n1. The molecule has 1 unspecified atom stereocenters. The van der Waals surface area contributed by atoms with E-state index in [4.69, 9.17) is 0 Å². The first-order chi connectivity index (χ1) is 11.5. The van der Waals surface area contributed by atoms with Gasteiger partial charge >= 0.3 is 0 Å². The Kier molecular flexibility index (Phi) is 5.02. The summed E-state index contributed by atoms with van der Waals surface area (Å²) in [4.78, 5) is 32.2. The molecule has 0 aromatic carbocycles. The van der Waals surface area contributed by atoms with Gasteiger partial charge in [-0.1, -0.05) is 18.9 Å². The molecule has 2 fully saturated rings. The number of amides is 2. The Morgan fingerprint density at radius 3 is 2.79 bits per heavy atom. The summed E-state index contributed by atoms with van der Waals surface area (Å²) in [5, 5.41) is 3.29. The van der Waals surface area contributed by atoms with E-state index >= 15 is 0 Å². The van der Waals surface area contributed by atoms with Gasteiger partial charge in [-0.3, -0.25) is 9.59 Å². The molecule has 3 rings (SSSR count). The molecule has 1 saturated heterocycles. The Bertz CT molecular complexity index is 611. The highest BCUT2D eigenvalue weighted by atomic mass is 16.2. The number of carbonyl (C=O) groups excluding carboxylic acids is 2. The Morgan fingerprint density at radius 2 is 2.08 bits per heavy atom. The summed E-state index contributed by atoms with van der Waals surface area (Å²) in [7, 11) is 3.43. The van der Waals surface area contributed by atoms with Crippen molar-refractivity contribution in [3.05, 3.63) is 23.9 Å². The standard InChI is InChI=1S/C18H26N4O2/c1-21(2)18(24)15-8-5-9-16(20-15)19-11-13-10-17(23)22(12-13)14-6-3-4-7-14/h5,8-9,13-14H,3-4,6-7,10-12H2,1-2H3,(H,19,20). The van der Waals surface area contributed by atoms with E-state index in [9.17, 15) is 9.59 Å². The van der Waals surface area contributed by atoms with Gasteiger partial charge in [-0.05, 0) is 25.0 Å². The summed E-state index contributed by atoms with van der Waals surface area (Å²) in [5.74, 6) is 1.18. The molecule has 6 heteroatoms. The number of aromatic nitrogens is 1. The molecule has 2 aliphatic rings. The van der Waals surface area contributed by atoms with E-state index in [-0.39, 0.29) is 11.8 Å². The number of nitrogens with one attached hydrogen (secondary N) is 1. The van der Waals surface area contributed by atoms with E-state index in [1.807, 2.05) is 12.1 Å². The molecule has 2 heterocycles. The number of anilines is 1. The molecule has 0 spiro atoms. The van der Waals surface area contributed by atoms with Crippen molar-refractivity contribution in [3.63, 3.8) is 0 Å². The van der Waals surface area contributed by atoms with E-state index < -0.39 is 0 Å². The van der Waals surface area contributed by atoms with Crippen LogP contribution in [-0.2, 0) is 4.79 Å². The second kappa shape index (κ2) is 7.20. The van der Waals surface area contributed by atoms with Crippen LogP contribution in [0.25, 0.3) is 0 Å². The Morgan fingerprint density at radius 1 is 1.33 bits per heavy atom. The van der Waals surface area contributed by atoms with Gasteiger partial charge in [0.2, 0.25) is 5.91 Å². The normalized spacial score (nSPS) is 21.3. The molecule has 6 nitrogen and oxygen atoms in total. The van der Waals surface area contributed by atoms with Crippen LogP contribution in [0.1, 0.15) is 42.6 Å². The third-order valence-corrected chi connectivity index (χ3v) is 4.95. The van der Waals surface area contributed by atoms with Gasteiger partial charge in [0.05, 0.1) is 0 Å². The molecule has 0 bridgehead atoms. The quantitative estimate of drug-likeness (QED) is 0.897. The average Bonchev–Trinajstić information content (AvgIpc) is 3.21. The smallest absolute Gasteiger partial charge is 0.272 e. The summed E-state index contributed by atoms with van der Waals surface area (Å²) < 4.78 is 0. The average molecular weight is 330 g/mol. The molecule has 2 amide bonds. The van der Waals surface area contributed by atoms with Crippen LogP contribution in [0.3, 0.4) is 0 Å². The fourth-order valence-electron chi connectivity index (χ4n) is 3.64. The van der Waals surface area contributed by atoms with Crippen molar-refractivity contribution >= 4 is 17.6 Å². The predicted octanol–water partition coefficient (Wildman–Crippen LogP) is 1.99. The minimum absolute atomic E-state index is 0.109. The van der Waals surface area contributed by atoms with E-state index in [1.165, 1.54) is 17.7 Å². The van der Waals surface area contributed by atoms with E-state index in [2.05, 4.69) is 15.2 Å². The maximum atomic E-state index is 12.2. The zero-order valence-electron chi connectivity index (χ0n) is 14.5. The fraction of sp³-hybridized carbons (Fsp3) is 0.611. The molecule has 24 heavy (non-hydrogen) atoms. The van der Waals surface area contributed by atoms with Crippen molar-refractivity contribution in [2.24, 2.45) is 5.92 Å². The summed E-state index contributed by atoms with van der Waals surface area (Å²) in [6.07, 6.45) is 5.41. The minimum Gasteiger partial charge on any atom is -0.370 e. The van der Waals surface area contributed by atoms with Gasteiger partial charge in [-0.25, -0.2) is 4.98 Å². The Labute approximate surface area is 143 Å². The summed E-state index contributed by atoms with van der Waals surface area (Å²) in [6.45, 7) is 1.55. The van der Waals surface area contributed by atoms with Gasteiger partial charge in [0.1, 0.15) is 11.5 Å². The zero-order valence-corrected chi connectivity index (χ0v) is 14.5. The zero-order chi connectivity index (χ0) is 17.1. The lowest BCUT2D eigenvalue weighted by Crippen LogP contribution is -2.34. The van der Waals surface area contributed by atoms with Crippen LogP contribution < -0.4 is 5.32 Å². The Balaban J connectivity index is 1.55. The highest BCUT2D eigenvalue weighted by molar-refractivity contribution is 5.92. The molecule has 1 atom stereocenters. The second-order valence-corrected chi connectivity index (χ2v) is 7.04. The van der Waals surface area contributed by atoms with Gasteiger partial charge in [-0.15, -0.1) is 0 Å². The molecule has 130 valence electrons. The number of hydrogen-bond donors (Lipinski definition) is 1. The van der Waals surface area contributed by atoms with Crippen molar-refractivity contribution in [2.45, 2.75) is 38.1 Å². The van der Waals surface area contributed by atoms with Crippen LogP contribution in [-0.4, -0.2) is 59.8 Å². The van der Waals surface area contributed by atoms with Gasteiger partial charge in [0.25, 0.3) is 5.91 Å². The molecule has 1 aromatic heterocycles. The maximum absolute atomic E-state index is 12.2. The number of rotatable bonds is 5. The molecule has 1 N–H and O–H groups in total. The molecule has 0 radical (unpaired) electrons. The van der Waals surface area contributed by atoms with Crippen molar-refractivity contribution in [1.29, 1.82) is 0 Å².